The van der Waals surface area contributed by atoms with Crippen molar-refractivity contribution in [2.45, 2.75) is 54.8 Å². The number of carbonyl (C=O) groups is 2. The Morgan fingerprint density at radius 2 is 2.00 bits per heavy atom. The molecular weight excluding hydrogens is 362 g/mol. The van der Waals surface area contributed by atoms with Crippen molar-refractivity contribution >= 4 is 29.3 Å². The third-order valence-corrected chi connectivity index (χ3v) is 6.00. The van der Waals surface area contributed by atoms with E-state index in [1.54, 1.807) is 23.1 Å². The topological polar surface area (TPSA) is 69.6 Å². The molecule has 3 unspecified atom stereocenters. The maximum absolute atomic E-state index is 12.7. The summed E-state index contributed by atoms with van der Waals surface area (Å²) in [5, 5.41) is 12.2. The first-order chi connectivity index (χ1) is 12.5. The molecular formula is C18H22F2N2O3S. The first-order valence-electron chi connectivity index (χ1n) is 8.78. The lowest BCUT2D eigenvalue weighted by molar-refractivity contribution is -0.143. The molecule has 0 radical (unpaired) electrons. The van der Waals surface area contributed by atoms with E-state index in [0.29, 0.717) is 34.7 Å². The molecule has 5 nitrogen and oxygen atoms in total. The van der Waals surface area contributed by atoms with E-state index in [0.717, 1.165) is 25.7 Å². The van der Waals surface area contributed by atoms with Crippen molar-refractivity contribution in [2.75, 3.05) is 11.9 Å². The molecule has 0 aromatic heterocycles. The summed E-state index contributed by atoms with van der Waals surface area (Å²) in [6, 6.07) is 5.86. The van der Waals surface area contributed by atoms with E-state index < -0.39 is 17.8 Å². The zero-order valence-electron chi connectivity index (χ0n) is 14.2. The molecule has 1 aliphatic carbocycles. The fraction of sp³-hybridized carbons (Fsp3) is 0.556. The Hall–Kier alpha value is -1.67. The summed E-state index contributed by atoms with van der Waals surface area (Å²) in [7, 11) is 0. The third kappa shape index (κ3) is 4.35. The van der Waals surface area contributed by atoms with Gasteiger partial charge < -0.3 is 10.4 Å². The van der Waals surface area contributed by atoms with E-state index in [4.69, 9.17) is 0 Å². The third-order valence-electron chi connectivity index (χ3n) is 5.21. The minimum Gasteiger partial charge on any atom is -0.480 e. The molecule has 3 rings (SSSR count). The first kappa shape index (κ1) is 19.1. The molecule has 1 saturated heterocycles. The van der Waals surface area contributed by atoms with Crippen molar-refractivity contribution in [2.24, 2.45) is 5.92 Å². The summed E-state index contributed by atoms with van der Waals surface area (Å²) in [5.74, 6) is -3.53. The van der Waals surface area contributed by atoms with Crippen LogP contribution in [0.4, 0.5) is 14.5 Å². The number of thioether (sulfide) groups is 1. The molecule has 1 heterocycles. The quantitative estimate of drug-likeness (QED) is 0.733. The highest BCUT2D eigenvalue weighted by Gasteiger charge is 2.45. The zero-order chi connectivity index (χ0) is 18.7. The van der Waals surface area contributed by atoms with Crippen LogP contribution in [0.2, 0.25) is 0 Å². The number of nitrogens with zero attached hydrogens (tertiary/aromatic N) is 1. The summed E-state index contributed by atoms with van der Waals surface area (Å²) < 4.78 is 25.3. The lowest BCUT2D eigenvalue weighted by Gasteiger charge is -2.32. The van der Waals surface area contributed by atoms with Crippen LogP contribution in [0.25, 0.3) is 0 Å². The van der Waals surface area contributed by atoms with E-state index >= 15 is 0 Å². The van der Waals surface area contributed by atoms with E-state index in [1.807, 2.05) is 0 Å². The fourth-order valence-electron chi connectivity index (χ4n) is 4.15. The van der Waals surface area contributed by atoms with Gasteiger partial charge in [-0.1, -0.05) is 36.7 Å². The number of para-hydroxylation sites is 1. The van der Waals surface area contributed by atoms with Gasteiger partial charge in [0.2, 0.25) is 5.91 Å². The van der Waals surface area contributed by atoms with Gasteiger partial charge in [0.05, 0.1) is 12.2 Å². The Balaban J connectivity index is 1.70. The molecule has 26 heavy (non-hydrogen) atoms. The van der Waals surface area contributed by atoms with Crippen molar-refractivity contribution in [3.8, 4) is 0 Å². The summed E-state index contributed by atoms with van der Waals surface area (Å²) in [4.78, 5) is 26.2. The Kier molecular flexibility index (Phi) is 6.13. The fourth-order valence-corrected chi connectivity index (χ4v) is 4.74. The van der Waals surface area contributed by atoms with Crippen LogP contribution in [0.3, 0.4) is 0 Å². The van der Waals surface area contributed by atoms with Crippen LogP contribution < -0.4 is 5.32 Å². The molecule has 0 spiro atoms. The van der Waals surface area contributed by atoms with E-state index in [1.165, 1.54) is 6.07 Å². The van der Waals surface area contributed by atoms with Crippen LogP contribution in [0.1, 0.15) is 32.1 Å². The number of nitrogens with one attached hydrogen (secondary N) is 1. The number of amides is 1. The Morgan fingerprint density at radius 3 is 2.73 bits per heavy atom. The van der Waals surface area contributed by atoms with Crippen molar-refractivity contribution < 1.29 is 23.5 Å². The Labute approximate surface area is 155 Å². The van der Waals surface area contributed by atoms with E-state index in [-0.39, 0.29) is 18.5 Å². The van der Waals surface area contributed by atoms with Crippen LogP contribution in [0.5, 0.6) is 0 Å². The second-order valence-corrected chi connectivity index (χ2v) is 7.83. The van der Waals surface area contributed by atoms with Gasteiger partial charge in [0.1, 0.15) is 6.04 Å². The Morgan fingerprint density at radius 1 is 1.27 bits per heavy atom. The number of rotatable bonds is 6. The predicted octanol–water partition coefficient (Wildman–Crippen LogP) is 3.66. The number of carboxylic acid groups (broad SMARTS) is 1. The monoisotopic (exact) mass is 384 g/mol. The SMILES string of the molecule is O=C(CN1C(C(=O)O)CC2CCCCC21)Nc1ccccc1SC(F)F. The molecule has 2 N–H and O–H groups in total. The number of halogens is 2. The van der Waals surface area contributed by atoms with Gasteiger partial charge in [-0.25, -0.2) is 0 Å². The first-order valence-corrected chi connectivity index (χ1v) is 9.66. The van der Waals surface area contributed by atoms with Crippen molar-refractivity contribution in [1.82, 2.24) is 4.90 Å². The summed E-state index contributed by atoms with van der Waals surface area (Å²) in [5.41, 5.74) is 0.328. The van der Waals surface area contributed by atoms with Crippen LogP contribution in [0, 0.1) is 5.92 Å². The number of alkyl halides is 2. The van der Waals surface area contributed by atoms with E-state index in [2.05, 4.69) is 5.32 Å². The molecule has 0 bridgehead atoms. The minimum absolute atomic E-state index is 0.0359. The lowest BCUT2D eigenvalue weighted by Crippen LogP contribution is -2.46. The van der Waals surface area contributed by atoms with Gasteiger partial charge in [-0.3, -0.25) is 14.5 Å². The largest absolute Gasteiger partial charge is 0.480 e. The van der Waals surface area contributed by atoms with Gasteiger partial charge in [0, 0.05) is 10.9 Å². The average Bonchev–Trinajstić information content (AvgIpc) is 2.95. The highest BCUT2D eigenvalue weighted by Crippen LogP contribution is 2.39. The van der Waals surface area contributed by atoms with Gasteiger partial charge in [-0.05, 0) is 37.3 Å². The molecule has 1 amide bonds. The average molecular weight is 384 g/mol. The van der Waals surface area contributed by atoms with Crippen molar-refractivity contribution in [3.63, 3.8) is 0 Å². The highest BCUT2D eigenvalue weighted by molar-refractivity contribution is 7.99. The second kappa shape index (κ2) is 8.35. The number of hydrogen-bond donors (Lipinski definition) is 2. The molecule has 3 atom stereocenters. The van der Waals surface area contributed by atoms with Crippen molar-refractivity contribution in [3.05, 3.63) is 24.3 Å². The van der Waals surface area contributed by atoms with Gasteiger partial charge in [0.15, 0.2) is 0 Å². The number of carbonyl (C=O) groups excluding carboxylic acids is 1. The van der Waals surface area contributed by atoms with Crippen molar-refractivity contribution in [1.29, 1.82) is 0 Å². The molecule has 2 fully saturated rings. The smallest absolute Gasteiger partial charge is 0.320 e. The standard InChI is InChI=1S/C18H22F2N2O3S/c19-18(20)26-15-8-4-2-6-12(15)21-16(23)10-22-13-7-3-1-5-11(13)9-14(22)17(24)25/h2,4,6,8,11,13-14,18H,1,3,5,7,9-10H2,(H,21,23)(H,24,25). The van der Waals surface area contributed by atoms with Crippen LogP contribution >= 0.6 is 11.8 Å². The summed E-state index contributed by atoms with van der Waals surface area (Å²) in [6.45, 7) is -0.0359. The highest BCUT2D eigenvalue weighted by atomic mass is 32.2. The summed E-state index contributed by atoms with van der Waals surface area (Å²) >= 11 is 0.378. The zero-order valence-corrected chi connectivity index (χ0v) is 15.1. The van der Waals surface area contributed by atoms with Gasteiger partial charge in [-0.15, -0.1) is 0 Å². The van der Waals surface area contributed by atoms with Crippen LogP contribution in [-0.4, -0.2) is 46.3 Å². The molecule has 1 saturated carbocycles. The molecule has 1 aromatic carbocycles. The molecule has 1 aliphatic heterocycles. The maximum Gasteiger partial charge on any atom is 0.320 e. The number of anilines is 1. The van der Waals surface area contributed by atoms with Crippen LogP contribution in [-0.2, 0) is 9.59 Å². The number of fused-ring (bicyclic) bond motifs is 1. The maximum atomic E-state index is 12.7. The molecule has 1 aromatic rings. The lowest BCUT2D eigenvalue weighted by atomic mass is 9.85. The van der Waals surface area contributed by atoms with Gasteiger partial charge >= 0.3 is 5.97 Å². The van der Waals surface area contributed by atoms with Crippen LogP contribution in [0.15, 0.2) is 29.2 Å². The Bertz CT molecular complexity index is 674. The molecule has 8 heteroatoms. The number of carboxylic acids is 1. The minimum atomic E-state index is -2.58. The second-order valence-electron chi connectivity index (χ2n) is 6.80. The number of benzene rings is 1. The van der Waals surface area contributed by atoms with Gasteiger partial charge in [0.25, 0.3) is 5.76 Å². The van der Waals surface area contributed by atoms with Gasteiger partial charge in [-0.2, -0.15) is 8.78 Å². The number of likely N-dealkylation sites (tertiary alicyclic amines) is 1. The van der Waals surface area contributed by atoms with E-state index in [9.17, 15) is 23.5 Å². The predicted molar refractivity (Wildman–Crippen MR) is 95.4 cm³/mol. The summed E-state index contributed by atoms with van der Waals surface area (Å²) in [6.07, 6.45) is 4.62. The molecule has 142 valence electrons. The molecule has 2 aliphatic rings. The normalized spacial score (nSPS) is 25.9. The number of hydrogen-bond acceptors (Lipinski definition) is 4. The number of aliphatic carboxylic acids is 1.